The zero-order valence-electron chi connectivity index (χ0n) is 14.5. The molecule has 3 aromatic carbocycles. The van der Waals surface area contributed by atoms with Crippen LogP contribution in [0.2, 0.25) is 0 Å². The normalized spacial score (nSPS) is 21.2. The third kappa shape index (κ3) is 2.19. The van der Waals surface area contributed by atoms with E-state index in [0.29, 0.717) is 11.7 Å². The molecule has 0 saturated heterocycles. The molecular formula is C24H20OSi. The fraction of sp³-hybridized carbons (Fsp3) is 0.125. The molecule has 0 aliphatic heterocycles. The third-order valence-electron chi connectivity index (χ3n) is 5.85. The Morgan fingerprint density at radius 2 is 1.08 bits per heavy atom. The van der Waals surface area contributed by atoms with E-state index in [1.165, 1.54) is 15.6 Å². The van der Waals surface area contributed by atoms with Crippen molar-refractivity contribution in [1.82, 2.24) is 0 Å². The highest BCUT2D eigenvalue weighted by Gasteiger charge is 2.56. The van der Waals surface area contributed by atoms with Crippen LogP contribution in [0.1, 0.15) is 6.42 Å². The molecule has 2 heteroatoms. The van der Waals surface area contributed by atoms with Gasteiger partial charge in [-0.2, -0.15) is 0 Å². The van der Waals surface area contributed by atoms with Gasteiger partial charge in [-0.25, -0.2) is 0 Å². The van der Waals surface area contributed by atoms with Gasteiger partial charge in [0.05, 0.1) is 0 Å². The number of hydrogen-bond acceptors (Lipinski definition) is 1. The van der Waals surface area contributed by atoms with E-state index in [0.717, 1.165) is 11.6 Å². The quantitative estimate of drug-likeness (QED) is 0.521. The van der Waals surface area contributed by atoms with Crippen LogP contribution in [0.25, 0.3) is 0 Å². The number of allylic oxidation sites excluding steroid dienone is 2. The molecule has 0 radical (unpaired) electrons. The van der Waals surface area contributed by atoms with Crippen LogP contribution < -0.4 is 15.6 Å². The highest BCUT2D eigenvalue weighted by molar-refractivity contribution is 7.18. The fourth-order valence-electron chi connectivity index (χ4n) is 4.54. The molecule has 0 amide bonds. The first-order valence-electron chi connectivity index (χ1n) is 9.25. The summed E-state index contributed by atoms with van der Waals surface area (Å²) in [4.78, 5) is 13.3. The van der Waals surface area contributed by atoms with Crippen molar-refractivity contribution in [2.24, 2.45) is 11.8 Å². The van der Waals surface area contributed by atoms with Gasteiger partial charge < -0.3 is 0 Å². The number of carbonyl (C=O) groups excluding carboxylic acids is 1. The summed E-state index contributed by atoms with van der Waals surface area (Å²) >= 11 is 0. The molecule has 2 aliphatic rings. The minimum Gasteiger partial charge on any atom is -0.295 e. The lowest BCUT2D eigenvalue weighted by Crippen LogP contribution is -2.69. The number of hydrogen-bond donors (Lipinski definition) is 0. The SMILES string of the molecule is O=C1C([Si](c2ccccc2)(c2ccccc2)c2ccccc2)=CC2CC12. The molecule has 126 valence electrons. The summed E-state index contributed by atoms with van der Waals surface area (Å²) in [7, 11) is -2.55. The van der Waals surface area contributed by atoms with Gasteiger partial charge in [0.2, 0.25) is 0 Å². The van der Waals surface area contributed by atoms with Gasteiger partial charge in [-0.15, -0.1) is 0 Å². The largest absolute Gasteiger partial charge is 0.295 e. The number of fused-ring (bicyclic) bond motifs is 1. The van der Waals surface area contributed by atoms with E-state index < -0.39 is 8.07 Å². The third-order valence-corrected chi connectivity index (χ3v) is 10.7. The van der Waals surface area contributed by atoms with Crippen LogP contribution in [0.3, 0.4) is 0 Å². The second-order valence-electron chi connectivity index (χ2n) is 7.30. The Labute approximate surface area is 155 Å². The smallest absolute Gasteiger partial charge is 0.183 e. The zero-order chi connectivity index (χ0) is 17.6. The zero-order valence-corrected chi connectivity index (χ0v) is 15.5. The van der Waals surface area contributed by atoms with Crippen LogP contribution in [0.5, 0.6) is 0 Å². The molecule has 0 bridgehead atoms. The molecule has 2 unspecified atom stereocenters. The maximum absolute atomic E-state index is 13.3. The number of rotatable bonds is 4. The monoisotopic (exact) mass is 352 g/mol. The summed E-state index contributed by atoms with van der Waals surface area (Å²) in [5.41, 5.74) is 0. The number of ketones is 1. The molecule has 1 saturated carbocycles. The van der Waals surface area contributed by atoms with Crippen molar-refractivity contribution in [2.75, 3.05) is 0 Å². The molecule has 1 nitrogen and oxygen atoms in total. The summed E-state index contributed by atoms with van der Waals surface area (Å²) in [5.74, 6) is 1.10. The van der Waals surface area contributed by atoms with Crippen molar-refractivity contribution in [2.45, 2.75) is 6.42 Å². The molecule has 5 rings (SSSR count). The van der Waals surface area contributed by atoms with Crippen LogP contribution in [0.4, 0.5) is 0 Å². The molecule has 0 heterocycles. The van der Waals surface area contributed by atoms with E-state index in [4.69, 9.17) is 0 Å². The molecule has 0 spiro atoms. The minimum atomic E-state index is -2.55. The van der Waals surface area contributed by atoms with E-state index in [2.05, 4.69) is 97.1 Å². The average Bonchev–Trinajstić information content (AvgIpc) is 3.42. The predicted octanol–water partition coefficient (Wildman–Crippen LogP) is 2.84. The molecular weight excluding hydrogens is 332 g/mol. The Kier molecular flexibility index (Phi) is 3.54. The Bertz CT molecular complexity index is 880. The van der Waals surface area contributed by atoms with Crippen LogP contribution in [-0.2, 0) is 4.79 Å². The van der Waals surface area contributed by atoms with Gasteiger partial charge in [0.1, 0.15) is 0 Å². The van der Waals surface area contributed by atoms with Crippen molar-refractivity contribution >= 4 is 29.4 Å². The van der Waals surface area contributed by atoms with Crippen LogP contribution in [0, 0.1) is 11.8 Å². The summed E-state index contributed by atoms with van der Waals surface area (Å²) in [6, 6.07) is 32.1. The molecule has 1 fully saturated rings. The van der Waals surface area contributed by atoms with Crippen molar-refractivity contribution in [3.05, 3.63) is 102 Å². The number of Topliss-reactive ketones (excluding diaryl/α,β-unsaturated/α-hetero) is 1. The first-order valence-corrected chi connectivity index (χ1v) is 11.2. The highest BCUT2D eigenvalue weighted by atomic mass is 28.3. The van der Waals surface area contributed by atoms with E-state index >= 15 is 0 Å². The first-order chi connectivity index (χ1) is 12.8. The minimum absolute atomic E-state index is 0.244. The van der Waals surface area contributed by atoms with Gasteiger partial charge in [-0.05, 0) is 33.1 Å². The number of carbonyl (C=O) groups is 1. The standard InChI is InChI=1S/C24H20OSi/c25-24-22-16-18(22)17-23(24)26(19-10-4-1-5-11-19,20-12-6-2-7-13-20)21-14-8-3-9-15-21/h1-15,17-18,22H,16H2. The Hall–Kier alpha value is -2.71. The van der Waals surface area contributed by atoms with Crippen molar-refractivity contribution < 1.29 is 4.79 Å². The summed E-state index contributed by atoms with van der Waals surface area (Å²) < 4.78 is 0. The topological polar surface area (TPSA) is 17.1 Å². The van der Waals surface area contributed by atoms with E-state index in [1.54, 1.807) is 0 Å². The molecule has 3 aromatic rings. The average molecular weight is 353 g/mol. The maximum Gasteiger partial charge on any atom is 0.183 e. The molecule has 2 aliphatic carbocycles. The lowest BCUT2D eigenvalue weighted by Gasteiger charge is -2.35. The molecule has 0 aromatic heterocycles. The summed E-state index contributed by atoms with van der Waals surface area (Å²) in [5, 5.41) is 4.96. The Morgan fingerprint density at radius 1 is 0.654 bits per heavy atom. The molecule has 26 heavy (non-hydrogen) atoms. The lowest BCUT2D eigenvalue weighted by atomic mass is 10.3. The summed E-state index contributed by atoms with van der Waals surface area (Å²) in [6.07, 6.45) is 3.36. The van der Waals surface area contributed by atoms with E-state index in [-0.39, 0.29) is 5.92 Å². The molecule has 2 atom stereocenters. The van der Waals surface area contributed by atoms with Crippen molar-refractivity contribution in [3.8, 4) is 0 Å². The van der Waals surface area contributed by atoms with Gasteiger partial charge in [-0.3, -0.25) is 4.79 Å². The van der Waals surface area contributed by atoms with Crippen molar-refractivity contribution in [3.63, 3.8) is 0 Å². The highest BCUT2D eigenvalue weighted by Crippen LogP contribution is 2.49. The molecule has 0 N–H and O–H groups in total. The predicted molar refractivity (Wildman–Crippen MR) is 109 cm³/mol. The van der Waals surface area contributed by atoms with Crippen LogP contribution in [0.15, 0.2) is 102 Å². The number of benzene rings is 3. The Morgan fingerprint density at radius 3 is 1.42 bits per heavy atom. The van der Waals surface area contributed by atoms with E-state index in [9.17, 15) is 4.79 Å². The van der Waals surface area contributed by atoms with Gasteiger partial charge in [0, 0.05) is 5.92 Å². The van der Waals surface area contributed by atoms with Crippen LogP contribution in [-0.4, -0.2) is 13.9 Å². The van der Waals surface area contributed by atoms with Gasteiger partial charge in [0.25, 0.3) is 0 Å². The van der Waals surface area contributed by atoms with Gasteiger partial charge >= 0.3 is 0 Å². The van der Waals surface area contributed by atoms with E-state index in [1.807, 2.05) is 0 Å². The summed E-state index contributed by atoms with van der Waals surface area (Å²) in [6.45, 7) is 0. The lowest BCUT2D eigenvalue weighted by molar-refractivity contribution is -0.115. The van der Waals surface area contributed by atoms with Crippen molar-refractivity contribution in [1.29, 1.82) is 0 Å². The maximum atomic E-state index is 13.3. The second-order valence-corrected chi connectivity index (χ2v) is 11.1. The van der Waals surface area contributed by atoms with Gasteiger partial charge in [-0.1, -0.05) is 97.1 Å². The Balaban J connectivity index is 1.87. The van der Waals surface area contributed by atoms with Gasteiger partial charge in [0.15, 0.2) is 13.9 Å². The second kappa shape index (κ2) is 5.92. The fourth-order valence-corrected chi connectivity index (χ4v) is 9.57. The first kappa shape index (κ1) is 15.5. The van der Waals surface area contributed by atoms with Crippen LogP contribution >= 0.6 is 0 Å².